The number of aromatic nitrogens is 1. The Morgan fingerprint density at radius 1 is 1.09 bits per heavy atom. The van der Waals surface area contributed by atoms with Crippen molar-refractivity contribution in [1.29, 1.82) is 0 Å². The number of methoxy groups -OCH3 is 1. The van der Waals surface area contributed by atoms with E-state index in [-0.39, 0.29) is 45.4 Å². The maximum atomic E-state index is 12.7. The molecule has 0 atom stereocenters. The van der Waals surface area contributed by atoms with Crippen LogP contribution in [-0.2, 0) is 22.3 Å². The Hall–Kier alpha value is -3.43. The smallest absolute Gasteiger partial charge is 0.417 e. The molecule has 3 rings (SSSR count). The van der Waals surface area contributed by atoms with Gasteiger partial charge in [-0.25, -0.2) is 9.78 Å². The van der Waals surface area contributed by atoms with Crippen molar-refractivity contribution in [3.8, 4) is 17.4 Å². The molecule has 0 unspecified atom stereocenters. The van der Waals surface area contributed by atoms with Crippen LogP contribution in [0.3, 0.4) is 0 Å². The highest BCUT2D eigenvalue weighted by molar-refractivity contribution is 6.37. The Bertz CT molecular complexity index is 1240. The Morgan fingerprint density at radius 3 is 2.29 bits per heavy atom. The first kappa shape index (κ1) is 26.2. The summed E-state index contributed by atoms with van der Waals surface area (Å²) < 4.78 is 54.5. The van der Waals surface area contributed by atoms with Crippen LogP contribution in [0, 0.1) is 0 Å². The lowest BCUT2D eigenvalue weighted by Gasteiger charge is -2.15. The molecule has 35 heavy (non-hydrogen) atoms. The summed E-state index contributed by atoms with van der Waals surface area (Å²) in [5.41, 5.74) is 0.0657. The number of benzene rings is 2. The summed E-state index contributed by atoms with van der Waals surface area (Å²) in [6.07, 6.45) is -3.89. The van der Waals surface area contributed by atoms with E-state index in [1.807, 2.05) is 0 Å². The number of carboxylic acid groups (broad SMARTS) is 1. The number of pyridine rings is 1. The molecule has 1 heterocycles. The minimum absolute atomic E-state index is 0.00412. The van der Waals surface area contributed by atoms with Crippen molar-refractivity contribution >= 4 is 34.7 Å². The number of carbonyl (C=O) groups is 1. The number of carboxylic acids is 1. The summed E-state index contributed by atoms with van der Waals surface area (Å²) in [6.45, 7) is 1.53. The monoisotopic (exact) mass is 527 g/mol. The number of allylic oxidation sites excluding steroid dienone is 1. The predicted octanol–water partition coefficient (Wildman–Crippen LogP) is 7.24. The molecule has 0 spiro atoms. The van der Waals surface area contributed by atoms with Crippen molar-refractivity contribution < 1.29 is 37.3 Å². The highest BCUT2D eigenvalue weighted by Crippen LogP contribution is 2.40. The fourth-order valence-electron chi connectivity index (χ4n) is 3.04. The van der Waals surface area contributed by atoms with E-state index in [0.717, 1.165) is 12.1 Å². The molecule has 0 aliphatic carbocycles. The van der Waals surface area contributed by atoms with Crippen LogP contribution in [0.25, 0.3) is 5.57 Å². The first-order chi connectivity index (χ1) is 16.5. The van der Waals surface area contributed by atoms with E-state index in [1.54, 1.807) is 31.2 Å². The van der Waals surface area contributed by atoms with E-state index >= 15 is 0 Å². The second-order valence-corrected chi connectivity index (χ2v) is 7.90. The molecule has 0 bridgehead atoms. The first-order valence-electron chi connectivity index (χ1n) is 9.90. The van der Waals surface area contributed by atoms with Crippen LogP contribution >= 0.6 is 23.2 Å². The van der Waals surface area contributed by atoms with Gasteiger partial charge in [0.1, 0.15) is 23.7 Å². The predicted molar refractivity (Wildman–Crippen MR) is 124 cm³/mol. The maximum absolute atomic E-state index is 12.7. The lowest BCUT2D eigenvalue weighted by atomic mass is 9.99. The van der Waals surface area contributed by atoms with E-state index in [0.29, 0.717) is 17.3 Å². The fourth-order valence-corrected chi connectivity index (χ4v) is 3.58. The quantitative estimate of drug-likeness (QED) is 0.245. The highest BCUT2D eigenvalue weighted by atomic mass is 35.5. The molecule has 0 saturated heterocycles. The Balaban J connectivity index is 1.80. The summed E-state index contributed by atoms with van der Waals surface area (Å²) >= 11 is 12.5. The van der Waals surface area contributed by atoms with Crippen molar-refractivity contribution in [2.75, 3.05) is 7.11 Å². The number of rotatable bonds is 8. The standard InChI is InChI=1S/C24H18Cl2F3NO5/c1-13(33-2)21(23(31)32)17-6-4-3-5-14(17)12-34-16-9-18(25)22(19(26)10-16)35-20-8-7-15(11-30-20)24(27,28)29/h3-11H,12H2,1-2H3,(H,31,32). The largest absolute Gasteiger partial charge is 0.500 e. The molecule has 0 radical (unpaired) electrons. The topological polar surface area (TPSA) is 77.9 Å². The number of alkyl halides is 3. The Morgan fingerprint density at radius 2 is 1.74 bits per heavy atom. The van der Waals surface area contributed by atoms with E-state index < -0.39 is 17.7 Å². The lowest BCUT2D eigenvalue weighted by molar-refractivity contribution is -0.138. The molecular formula is C24H18Cl2F3NO5. The van der Waals surface area contributed by atoms with Gasteiger partial charge in [0.05, 0.1) is 22.7 Å². The molecule has 1 aromatic heterocycles. The fraction of sp³-hybridized carbons (Fsp3) is 0.167. The average Bonchev–Trinajstić information content (AvgIpc) is 2.80. The van der Waals surface area contributed by atoms with Gasteiger partial charge in [0, 0.05) is 24.4 Å². The third kappa shape index (κ3) is 6.37. The summed E-state index contributed by atoms with van der Waals surface area (Å²) in [7, 11) is 1.38. The van der Waals surface area contributed by atoms with Crippen LogP contribution in [0.4, 0.5) is 13.2 Å². The minimum Gasteiger partial charge on any atom is -0.500 e. The van der Waals surface area contributed by atoms with E-state index in [2.05, 4.69) is 4.98 Å². The highest BCUT2D eigenvalue weighted by Gasteiger charge is 2.30. The molecule has 184 valence electrons. The number of aliphatic carboxylic acids is 1. The number of hydrogen-bond donors (Lipinski definition) is 1. The number of nitrogens with zero attached hydrogens (tertiary/aromatic N) is 1. The average molecular weight is 528 g/mol. The van der Waals surface area contributed by atoms with Gasteiger partial charge in [-0.1, -0.05) is 47.5 Å². The molecule has 3 aromatic rings. The lowest BCUT2D eigenvalue weighted by Crippen LogP contribution is -2.08. The summed E-state index contributed by atoms with van der Waals surface area (Å²) in [4.78, 5) is 15.4. The molecule has 0 aliphatic heterocycles. The molecule has 0 saturated carbocycles. The van der Waals surface area contributed by atoms with Crippen molar-refractivity contribution in [3.05, 3.63) is 87.2 Å². The SMILES string of the molecule is COC(C)=C(C(=O)O)c1ccccc1COc1cc(Cl)c(Oc2ccc(C(F)(F)F)cn2)c(Cl)c1. The van der Waals surface area contributed by atoms with Gasteiger partial charge in [0.25, 0.3) is 0 Å². The summed E-state index contributed by atoms with van der Waals surface area (Å²) in [6, 6.07) is 11.5. The van der Waals surface area contributed by atoms with E-state index in [1.165, 1.54) is 19.2 Å². The number of ether oxygens (including phenoxy) is 3. The van der Waals surface area contributed by atoms with Crippen LogP contribution in [0.15, 0.2) is 60.5 Å². The number of halogens is 5. The number of hydrogen-bond acceptors (Lipinski definition) is 5. The van der Waals surface area contributed by atoms with E-state index in [4.69, 9.17) is 37.4 Å². The molecule has 0 aliphatic rings. The van der Waals surface area contributed by atoms with Gasteiger partial charge in [-0.3, -0.25) is 0 Å². The van der Waals surface area contributed by atoms with Gasteiger partial charge in [-0.15, -0.1) is 0 Å². The Kier molecular flexibility index (Phi) is 8.14. The van der Waals surface area contributed by atoms with Gasteiger partial charge in [0.15, 0.2) is 5.75 Å². The van der Waals surface area contributed by atoms with Crippen molar-refractivity contribution in [3.63, 3.8) is 0 Å². The van der Waals surface area contributed by atoms with Gasteiger partial charge in [-0.2, -0.15) is 13.2 Å². The molecule has 1 N–H and O–H groups in total. The second kappa shape index (κ2) is 10.9. The van der Waals surface area contributed by atoms with Crippen LogP contribution in [0.2, 0.25) is 10.0 Å². The molecule has 11 heteroatoms. The normalized spacial score (nSPS) is 12.1. The van der Waals surface area contributed by atoms with Crippen molar-refractivity contribution in [2.45, 2.75) is 19.7 Å². The van der Waals surface area contributed by atoms with Crippen molar-refractivity contribution in [1.82, 2.24) is 4.98 Å². The van der Waals surface area contributed by atoms with Crippen LogP contribution < -0.4 is 9.47 Å². The minimum atomic E-state index is -4.53. The third-order valence-electron chi connectivity index (χ3n) is 4.80. The van der Waals surface area contributed by atoms with Crippen LogP contribution in [0.1, 0.15) is 23.6 Å². The molecule has 0 amide bonds. The zero-order chi connectivity index (χ0) is 25.8. The molecule has 2 aromatic carbocycles. The van der Waals surface area contributed by atoms with Crippen molar-refractivity contribution in [2.24, 2.45) is 0 Å². The maximum Gasteiger partial charge on any atom is 0.417 e. The van der Waals surface area contributed by atoms with Gasteiger partial charge in [0.2, 0.25) is 5.88 Å². The summed E-state index contributed by atoms with van der Waals surface area (Å²) in [5, 5.41) is 9.69. The molecular weight excluding hydrogens is 510 g/mol. The molecule has 6 nitrogen and oxygen atoms in total. The first-order valence-corrected chi connectivity index (χ1v) is 10.7. The third-order valence-corrected chi connectivity index (χ3v) is 5.36. The van der Waals surface area contributed by atoms with Crippen LogP contribution in [0.5, 0.6) is 17.4 Å². The van der Waals surface area contributed by atoms with E-state index in [9.17, 15) is 23.1 Å². The zero-order valence-corrected chi connectivity index (χ0v) is 19.8. The van der Waals surface area contributed by atoms with Gasteiger partial charge < -0.3 is 19.3 Å². The van der Waals surface area contributed by atoms with Crippen LogP contribution in [-0.4, -0.2) is 23.2 Å². The summed E-state index contributed by atoms with van der Waals surface area (Å²) in [5.74, 6) is -0.811. The zero-order valence-electron chi connectivity index (χ0n) is 18.3. The second-order valence-electron chi connectivity index (χ2n) is 7.09. The molecule has 0 fully saturated rings. The van der Waals surface area contributed by atoms with Gasteiger partial charge in [-0.05, 0) is 24.1 Å². The Labute approximate surface area is 208 Å². The van der Waals surface area contributed by atoms with Gasteiger partial charge >= 0.3 is 12.1 Å².